The summed E-state index contributed by atoms with van der Waals surface area (Å²) in [5.41, 5.74) is 1.06. The van der Waals surface area contributed by atoms with Gasteiger partial charge in [-0.2, -0.15) is 0 Å². The molecule has 1 aromatic heterocycles. The third kappa shape index (κ3) is 6.71. The van der Waals surface area contributed by atoms with Gasteiger partial charge in [-0.15, -0.1) is 0 Å². The van der Waals surface area contributed by atoms with Crippen LogP contribution in [0.4, 0.5) is 0 Å². The molecular formula is C19H26N4O2. The van der Waals surface area contributed by atoms with Crippen molar-refractivity contribution in [3.8, 4) is 11.5 Å². The van der Waals surface area contributed by atoms with Gasteiger partial charge in [0.15, 0.2) is 5.96 Å². The predicted octanol–water partition coefficient (Wildman–Crippen LogP) is 2.27. The molecule has 0 saturated heterocycles. The Balaban J connectivity index is 1.70. The summed E-state index contributed by atoms with van der Waals surface area (Å²) in [4.78, 5) is 8.53. The van der Waals surface area contributed by atoms with E-state index in [1.807, 2.05) is 49.4 Å². The van der Waals surface area contributed by atoms with Crippen molar-refractivity contribution in [1.82, 2.24) is 15.6 Å². The number of benzene rings is 1. The average molecular weight is 342 g/mol. The minimum atomic E-state index is 0.00253. The first-order valence-corrected chi connectivity index (χ1v) is 8.36. The van der Waals surface area contributed by atoms with E-state index in [9.17, 15) is 0 Å². The fraction of sp³-hybridized carbons (Fsp3) is 0.368. The Labute approximate surface area is 149 Å². The average Bonchev–Trinajstić information content (AvgIpc) is 2.66. The van der Waals surface area contributed by atoms with Crippen molar-refractivity contribution in [2.75, 3.05) is 27.2 Å². The molecule has 0 aliphatic rings. The van der Waals surface area contributed by atoms with Gasteiger partial charge in [-0.25, -0.2) is 0 Å². The van der Waals surface area contributed by atoms with Crippen LogP contribution in [0.1, 0.15) is 12.6 Å². The zero-order valence-corrected chi connectivity index (χ0v) is 15.0. The fourth-order valence-corrected chi connectivity index (χ4v) is 2.24. The van der Waals surface area contributed by atoms with Crippen LogP contribution >= 0.6 is 0 Å². The summed E-state index contributed by atoms with van der Waals surface area (Å²) >= 11 is 0. The maximum absolute atomic E-state index is 5.87. The van der Waals surface area contributed by atoms with Gasteiger partial charge in [-0.05, 0) is 43.3 Å². The number of hydrogen-bond acceptors (Lipinski definition) is 4. The smallest absolute Gasteiger partial charge is 0.191 e. The van der Waals surface area contributed by atoms with Gasteiger partial charge in [-0.1, -0.05) is 6.07 Å². The van der Waals surface area contributed by atoms with Crippen molar-refractivity contribution in [3.63, 3.8) is 0 Å². The second-order valence-electron chi connectivity index (χ2n) is 5.55. The van der Waals surface area contributed by atoms with Gasteiger partial charge in [0.25, 0.3) is 0 Å². The number of rotatable bonds is 8. The maximum atomic E-state index is 5.87. The highest BCUT2D eigenvalue weighted by atomic mass is 16.5. The second-order valence-corrected chi connectivity index (χ2v) is 5.55. The van der Waals surface area contributed by atoms with Crippen LogP contribution in [0.25, 0.3) is 0 Å². The molecule has 0 amide bonds. The lowest BCUT2D eigenvalue weighted by molar-refractivity contribution is 0.223. The first kappa shape index (κ1) is 18.6. The summed E-state index contributed by atoms with van der Waals surface area (Å²) in [6.07, 6.45) is 2.66. The molecule has 0 saturated carbocycles. The van der Waals surface area contributed by atoms with Crippen molar-refractivity contribution in [1.29, 1.82) is 0 Å². The van der Waals surface area contributed by atoms with Gasteiger partial charge in [-0.3, -0.25) is 9.98 Å². The summed E-state index contributed by atoms with van der Waals surface area (Å²) < 4.78 is 11.0. The minimum Gasteiger partial charge on any atom is -0.497 e. The Hall–Kier alpha value is -2.76. The van der Waals surface area contributed by atoms with Gasteiger partial charge >= 0.3 is 0 Å². The van der Waals surface area contributed by atoms with Crippen molar-refractivity contribution < 1.29 is 9.47 Å². The molecule has 2 N–H and O–H groups in total. The Kier molecular flexibility index (Phi) is 7.56. The Morgan fingerprint density at radius 2 is 1.88 bits per heavy atom. The first-order valence-electron chi connectivity index (χ1n) is 8.36. The number of ether oxygens (including phenoxy) is 2. The van der Waals surface area contributed by atoms with Crippen LogP contribution < -0.4 is 20.1 Å². The number of pyridine rings is 1. The highest BCUT2D eigenvalue weighted by Gasteiger charge is 2.06. The van der Waals surface area contributed by atoms with Gasteiger partial charge < -0.3 is 20.1 Å². The largest absolute Gasteiger partial charge is 0.497 e. The molecule has 0 fully saturated rings. The number of nitrogens with one attached hydrogen (secondary N) is 2. The van der Waals surface area contributed by atoms with E-state index in [-0.39, 0.29) is 6.10 Å². The molecule has 0 aliphatic carbocycles. The summed E-state index contributed by atoms with van der Waals surface area (Å²) in [5.74, 6) is 2.38. The molecule has 0 radical (unpaired) electrons. The van der Waals surface area contributed by atoms with Gasteiger partial charge in [0.05, 0.1) is 13.7 Å². The molecule has 0 bridgehead atoms. The standard InChI is InChI=1S/C19H26N4O2/c1-15(25-18-9-7-17(24-3)8-10-18)14-23-19(20-2)22-13-11-16-6-4-5-12-21-16/h4-10,12,15H,11,13-14H2,1-3H3,(H2,20,22,23). The Morgan fingerprint density at radius 1 is 1.12 bits per heavy atom. The molecule has 2 aromatic rings. The van der Waals surface area contributed by atoms with E-state index < -0.39 is 0 Å². The molecule has 2 rings (SSSR count). The lowest BCUT2D eigenvalue weighted by Gasteiger charge is -2.18. The predicted molar refractivity (Wildman–Crippen MR) is 100 cm³/mol. The van der Waals surface area contributed by atoms with E-state index in [0.717, 1.165) is 36.1 Å². The molecule has 1 atom stereocenters. The number of nitrogens with zero attached hydrogens (tertiary/aromatic N) is 2. The molecule has 1 aromatic carbocycles. The number of aliphatic imine (C=N–C) groups is 1. The molecule has 1 unspecified atom stereocenters. The SMILES string of the molecule is CN=C(NCCc1ccccn1)NCC(C)Oc1ccc(OC)cc1. The number of guanidine groups is 1. The molecule has 25 heavy (non-hydrogen) atoms. The fourth-order valence-electron chi connectivity index (χ4n) is 2.24. The molecule has 6 heteroatoms. The molecular weight excluding hydrogens is 316 g/mol. The zero-order valence-electron chi connectivity index (χ0n) is 15.0. The highest BCUT2D eigenvalue weighted by Crippen LogP contribution is 2.17. The summed E-state index contributed by atoms with van der Waals surface area (Å²) in [6, 6.07) is 13.5. The monoisotopic (exact) mass is 342 g/mol. The van der Waals surface area contributed by atoms with Crippen LogP contribution in [0.15, 0.2) is 53.7 Å². The van der Waals surface area contributed by atoms with Crippen LogP contribution in [-0.4, -0.2) is 44.3 Å². The zero-order chi connectivity index (χ0) is 17.9. The number of methoxy groups -OCH3 is 1. The quantitative estimate of drug-likeness (QED) is 0.569. The van der Waals surface area contributed by atoms with Gasteiger partial charge in [0.1, 0.15) is 17.6 Å². The second kappa shape index (κ2) is 10.2. The molecule has 134 valence electrons. The normalized spacial score (nSPS) is 12.4. The highest BCUT2D eigenvalue weighted by molar-refractivity contribution is 5.79. The van der Waals surface area contributed by atoms with Crippen molar-refractivity contribution in [2.45, 2.75) is 19.4 Å². The van der Waals surface area contributed by atoms with Crippen LogP contribution in [0.3, 0.4) is 0 Å². The lowest BCUT2D eigenvalue weighted by Crippen LogP contribution is -2.42. The third-order valence-corrected chi connectivity index (χ3v) is 3.58. The van der Waals surface area contributed by atoms with Crippen LogP contribution in [0, 0.1) is 0 Å². The minimum absolute atomic E-state index is 0.00253. The van der Waals surface area contributed by atoms with E-state index in [0.29, 0.717) is 6.54 Å². The van der Waals surface area contributed by atoms with E-state index in [1.165, 1.54) is 0 Å². The first-order chi connectivity index (χ1) is 12.2. The van der Waals surface area contributed by atoms with Gasteiger partial charge in [0.2, 0.25) is 0 Å². The van der Waals surface area contributed by atoms with E-state index in [4.69, 9.17) is 9.47 Å². The summed E-state index contributed by atoms with van der Waals surface area (Å²) in [7, 11) is 3.40. The molecule has 6 nitrogen and oxygen atoms in total. The molecule has 0 aliphatic heterocycles. The van der Waals surface area contributed by atoms with Crippen molar-refractivity contribution >= 4 is 5.96 Å². The Bertz CT molecular complexity index is 644. The van der Waals surface area contributed by atoms with Crippen molar-refractivity contribution in [2.24, 2.45) is 4.99 Å². The van der Waals surface area contributed by atoms with E-state index in [2.05, 4.69) is 20.6 Å². The third-order valence-electron chi connectivity index (χ3n) is 3.58. The van der Waals surface area contributed by atoms with Gasteiger partial charge in [0, 0.05) is 31.9 Å². The molecule has 0 spiro atoms. The van der Waals surface area contributed by atoms with Crippen molar-refractivity contribution in [3.05, 3.63) is 54.4 Å². The topological polar surface area (TPSA) is 67.8 Å². The van der Waals surface area contributed by atoms with E-state index >= 15 is 0 Å². The number of hydrogen-bond donors (Lipinski definition) is 2. The number of aromatic nitrogens is 1. The van der Waals surface area contributed by atoms with Crippen LogP contribution in [-0.2, 0) is 6.42 Å². The van der Waals surface area contributed by atoms with E-state index in [1.54, 1.807) is 20.4 Å². The summed E-state index contributed by atoms with van der Waals surface area (Å²) in [5, 5.41) is 6.55. The lowest BCUT2D eigenvalue weighted by atomic mass is 10.3. The van der Waals surface area contributed by atoms with Crippen LogP contribution in [0.2, 0.25) is 0 Å². The summed E-state index contributed by atoms with van der Waals surface area (Å²) in [6.45, 7) is 3.43. The molecule has 1 heterocycles. The maximum Gasteiger partial charge on any atom is 0.191 e. The Morgan fingerprint density at radius 3 is 2.52 bits per heavy atom. The van der Waals surface area contributed by atoms with Crippen LogP contribution in [0.5, 0.6) is 11.5 Å².